The minimum Gasteiger partial charge on any atom is -0.321 e. The van der Waals surface area contributed by atoms with E-state index in [1.807, 2.05) is 109 Å². The van der Waals surface area contributed by atoms with Crippen LogP contribution in [0, 0.1) is 0 Å². The zero-order valence-electron chi connectivity index (χ0n) is 24.3. The molecular formula is C37H29N3O3S2. The van der Waals surface area contributed by atoms with Crippen molar-refractivity contribution in [3.05, 3.63) is 150 Å². The van der Waals surface area contributed by atoms with E-state index in [4.69, 9.17) is 0 Å². The summed E-state index contributed by atoms with van der Waals surface area (Å²) in [5.41, 5.74) is 3.68. The van der Waals surface area contributed by atoms with E-state index in [1.54, 1.807) is 54.2 Å². The highest BCUT2D eigenvalue weighted by molar-refractivity contribution is 8.00. The maximum atomic E-state index is 13.9. The van der Waals surface area contributed by atoms with Crippen molar-refractivity contribution in [2.75, 3.05) is 10.2 Å². The van der Waals surface area contributed by atoms with E-state index in [1.165, 1.54) is 11.8 Å². The number of para-hydroxylation sites is 2. The molecule has 6 rings (SSSR count). The Balaban J connectivity index is 1.15. The Hall–Kier alpha value is -5.05. The fourth-order valence-electron chi connectivity index (χ4n) is 4.85. The van der Waals surface area contributed by atoms with E-state index < -0.39 is 5.91 Å². The standard InChI is InChI=1S/C37H29N3O3S2/c1-25(37(43)40-31-16-8-10-18-33(31)45-34-19-11-9-17-32(34)40)44-29-22-20-28(21-23-29)38-36(42)30(24-26-12-4-2-5-13-26)39-35(41)27-14-6-3-7-15-27/h2-25H,1H3,(H,38,42)(H,39,41)/b30-24-. The number of benzene rings is 5. The van der Waals surface area contributed by atoms with Crippen LogP contribution in [0.2, 0.25) is 0 Å². The predicted octanol–water partition coefficient (Wildman–Crippen LogP) is 8.41. The molecule has 0 aromatic heterocycles. The molecule has 1 aliphatic rings. The Labute approximate surface area is 270 Å². The molecule has 5 aromatic carbocycles. The van der Waals surface area contributed by atoms with Crippen LogP contribution in [0.4, 0.5) is 17.1 Å². The third-order valence-corrected chi connectivity index (χ3v) is 9.29. The first-order valence-corrected chi connectivity index (χ1v) is 16.1. The summed E-state index contributed by atoms with van der Waals surface area (Å²) in [4.78, 5) is 44.9. The number of hydrogen-bond donors (Lipinski definition) is 2. The van der Waals surface area contributed by atoms with Crippen LogP contribution in [-0.4, -0.2) is 23.0 Å². The van der Waals surface area contributed by atoms with Gasteiger partial charge in [0.15, 0.2) is 0 Å². The largest absolute Gasteiger partial charge is 0.321 e. The lowest BCUT2D eigenvalue weighted by molar-refractivity contribution is -0.117. The van der Waals surface area contributed by atoms with Crippen molar-refractivity contribution in [3.8, 4) is 0 Å². The van der Waals surface area contributed by atoms with Crippen molar-refractivity contribution < 1.29 is 14.4 Å². The van der Waals surface area contributed by atoms with Gasteiger partial charge in [-0.25, -0.2) is 0 Å². The summed E-state index contributed by atoms with van der Waals surface area (Å²) in [5, 5.41) is 5.27. The smallest absolute Gasteiger partial charge is 0.272 e. The van der Waals surface area contributed by atoms with Crippen LogP contribution in [0.15, 0.2) is 154 Å². The third-order valence-electron chi connectivity index (χ3n) is 7.06. The molecule has 1 heterocycles. The molecule has 45 heavy (non-hydrogen) atoms. The van der Waals surface area contributed by atoms with Gasteiger partial charge in [0, 0.05) is 25.9 Å². The Morgan fingerprint density at radius 2 is 1.27 bits per heavy atom. The highest BCUT2D eigenvalue weighted by Gasteiger charge is 2.31. The van der Waals surface area contributed by atoms with Crippen molar-refractivity contribution in [1.29, 1.82) is 0 Å². The maximum absolute atomic E-state index is 13.9. The van der Waals surface area contributed by atoms with Crippen molar-refractivity contribution in [1.82, 2.24) is 5.32 Å². The van der Waals surface area contributed by atoms with E-state index in [-0.39, 0.29) is 22.8 Å². The zero-order valence-corrected chi connectivity index (χ0v) is 26.0. The molecule has 0 bridgehead atoms. The first-order chi connectivity index (χ1) is 22.0. The number of carbonyl (C=O) groups excluding carboxylic acids is 3. The van der Waals surface area contributed by atoms with Gasteiger partial charge in [-0.05, 0) is 79.2 Å². The molecule has 0 fully saturated rings. The topological polar surface area (TPSA) is 78.5 Å². The van der Waals surface area contributed by atoms with Crippen LogP contribution < -0.4 is 15.5 Å². The number of carbonyl (C=O) groups is 3. The van der Waals surface area contributed by atoms with Gasteiger partial charge in [0.1, 0.15) is 5.70 Å². The van der Waals surface area contributed by atoms with Crippen molar-refractivity contribution >= 4 is 64.4 Å². The number of thioether (sulfide) groups is 1. The minimum absolute atomic E-state index is 0.0116. The molecule has 2 N–H and O–H groups in total. The molecular weight excluding hydrogens is 599 g/mol. The molecule has 0 radical (unpaired) electrons. The summed E-state index contributed by atoms with van der Waals surface area (Å²) < 4.78 is 0. The number of anilines is 3. The van der Waals surface area contributed by atoms with E-state index in [2.05, 4.69) is 10.6 Å². The molecule has 0 spiro atoms. The summed E-state index contributed by atoms with van der Waals surface area (Å²) >= 11 is 3.12. The normalized spacial score (nSPS) is 12.8. The summed E-state index contributed by atoms with van der Waals surface area (Å²) in [6, 6.07) is 41.3. The van der Waals surface area contributed by atoms with Crippen LogP contribution in [-0.2, 0) is 9.59 Å². The molecule has 3 amide bonds. The molecule has 0 saturated heterocycles. The van der Waals surface area contributed by atoms with Crippen molar-refractivity contribution in [2.24, 2.45) is 0 Å². The molecule has 1 aliphatic heterocycles. The summed E-state index contributed by atoms with van der Waals surface area (Å²) in [6.45, 7) is 1.91. The van der Waals surface area contributed by atoms with E-state index >= 15 is 0 Å². The third kappa shape index (κ3) is 7.03. The van der Waals surface area contributed by atoms with Gasteiger partial charge >= 0.3 is 0 Å². The summed E-state index contributed by atoms with van der Waals surface area (Å²) in [6.07, 6.45) is 1.64. The quantitative estimate of drug-likeness (QED) is 0.133. The first-order valence-electron chi connectivity index (χ1n) is 14.4. The number of fused-ring (bicyclic) bond motifs is 2. The first kappa shape index (κ1) is 30.0. The predicted molar refractivity (Wildman–Crippen MR) is 183 cm³/mol. The zero-order chi connectivity index (χ0) is 31.2. The highest BCUT2D eigenvalue weighted by Crippen LogP contribution is 2.48. The number of rotatable bonds is 8. The summed E-state index contributed by atoms with van der Waals surface area (Å²) in [7, 11) is 0. The Bertz CT molecular complexity index is 1830. The highest BCUT2D eigenvalue weighted by atomic mass is 32.2. The molecule has 222 valence electrons. The lowest BCUT2D eigenvalue weighted by Crippen LogP contribution is -2.34. The molecule has 5 aromatic rings. The van der Waals surface area contributed by atoms with Gasteiger partial charge in [-0.3, -0.25) is 19.3 Å². The number of hydrogen-bond acceptors (Lipinski definition) is 5. The number of nitrogens with one attached hydrogen (secondary N) is 2. The van der Waals surface area contributed by atoms with Crippen LogP contribution in [0.1, 0.15) is 22.8 Å². The van der Waals surface area contributed by atoms with Crippen LogP contribution >= 0.6 is 23.5 Å². The molecule has 0 aliphatic carbocycles. The number of nitrogens with zero attached hydrogens (tertiary/aromatic N) is 1. The SMILES string of the molecule is CC(Sc1ccc(NC(=O)/C(=C/c2ccccc2)NC(=O)c2ccccc2)cc1)C(=O)N1c2ccccc2Sc2ccccc21. The Morgan fingerprint density at radius 3 is 1.89 bits per heavy atom. The Morgan fingerprint density at radius 1 is 0.711 bits per heavy atom. The van der Waals surface area contributed by atoms with E-state index in [0.29, 0.717) is 11.3 Å². The minimum atomic E-state index is -0.451. The lowest BCUT2D eigenvalue weighted by atomic mass is 10.1. The fourth-order valence-corrected chi connectivity index (χ4v) is 6.82. The van der Waals surface area contributed by atoms with Crippen LogP contribution in [0.25, 0.3) is 6.08 Å². The van der Waals surface area contributed by atoms with Crippen LogP contribution in [0.5, 0.6) is 0 Å². The molecule has 8 heteroatoms. The lowest BCUT2D eigenvalue weighted by Gasteiger charge is -2.32. The number of amides is 3. The van der Waals surface area contributed by atoms with Gasteiger partial charge in [0.25, 0.3) is 11.8 Å². The monoisotopic (exact) mass is 627 g/mol. The van der Waals surface area contributed by atoms with Crippen molar-refractivity contribution in [2.45, 2.75) is 26.9 Å². The van der Waals surface area contributed by atoms with Gasteiger partial charge in [-0.2, -0.15) is 0 Å². The van der Waals surface area contributed by atoms with E-state index in [9.17, 15) is 14.4 Å². The average molecular weight is 628 g/mol. The second-order valence-corrected chi connectivity index (χ2v) is 12.7. The van der Waals surface area contributed by atoms with Gasteiger partial charge in [-0.1, -0.05) is 84.6 Å². The van der Waals surface area contributed by atoms with Gasteiger partial charge < -0.3 is 10.6 Å². The second kappa shape index (κ2) is 13.7. The Kier molecular flexibility index (Phi) is 9.14. The summed E-state index contributed by atoms with van der Waals surface area (Å²) in [5.74, 6) is -0.842. The maximum Gasteiger partial charge on any atom is 0.272 e. The average Bonchev–Trinajstić information content (AvgIpc) is 3.08. The van der Waals surface area contributed by atoms with Crippen molar-refractivity contribution in [3.63, 3.8) is 0 Å². The van der Waals surface area contributed by atoms with Crippen LogP contribution in [0.3, 0.4) is 0 Å². The fraction of sp³-hybridized carbons (Fsp3) is 0.0541. The van der Waals surface area contributed by atoms with Gasteiger partial charge in [-0.15, -0.1) is 11.8 Å². The van der Waals surface area contributed by atoms with Gasteiger partial charge in [0.2, 0.25) is 5.91 Å². The molecule has 1 atom stereocenters. The van der Waals surface area contributed by atoms with Gasteiger partial charge in [0.05, 0.1) is 16.6 Å². The molecule has 0 saturated carbocycles. The molecule has 1 unspecified atom stereocenters. The molecule has 6 nitrogen and oxygen atoms in total. The van der Waals surface area contributed by atoms with E-state index in [0.717, 1.165) is 31.6 Å². The second-order valence-electron chi connectivity index (χ2n) is 10.2.